The van der Waals surface area contributed by atoms with Gasteiger partial charge in [0.15, 0.2) is 0 Å². The molecule has 2 N–H and O–H groups in total. The Morgan fingerprint density at radius 3 is 2.77 bits per heavy atom. The van der Waals surface area contributed by atoms with Crippen molar-refractivity contribution in [2.75, 3.05) is 11.9 Å². The Morgan fingerprint density at radius 1 is 1.32 bits per heavy atom. The first-order chi connectivity index (χ1) is 10.5. The summed E-state index contributed by atoms with van der Waals surface area (Å²) in [4.78, 5) is 29.9. The van der Waals surface area contributed by atoms with Gasteiger partial charge in [0.2, 0.25) is 0 Å². The van der Waals surface area contributed by atoms with Crippen LogP contribution in [0.5, 0.6) is 0 Å². The molecule has 1 amide bonds. The van der Waals surface area contributed by atoms with Crippen LogP contribution in [-0.2, 0) is 13.5 Å². The van der Waals surface area contributed by atoms with Crippen molar-refractivity contribution < 1.29 is 4.79 Å². The Morgan fingerprint density at radius 2 is 2.05 bits per heavy atom. The zero-order chi connectivity index (χ0) is 15.9. The van der Waals surface area contributed by atoms with Crippen molar-refractivity contribution in [3.05, 3.63) is 57.8 Å². The van der Waals surface area contributed by atoms with E-state index in [4.69, 9.17) is 5.73 Å². The average molecular weight is 298 g/mol. The third-order valence-corrected chi connectivity index (χ3v) is 4.25. The molecule has 22 heavy (non-hydrogen) atoms. The lowest BCUT2D eigenvalue weighted by Crippen LogP contribution is -2.36. The Bertz CT molecular complexity index is 797. The molecule has 0 bridgehead atoms. The number of hydrogen-bond acceptors (Lipinski definition) is 4. The molecule has 0 fully saturated rings. The Balaban J connectivity index is 2.09. The number of primary amides is 1. The van der Waals surface area contributed by atoms with Crippen LogP contribution >= 0.6 is 0 Å². The summed E-state index contributed by atoms with van der Waals surface area (Å²) in [6.45, 7) is 0. The van der Waals surface area contributed by atoms with Crippen LogP contribution < -0.4 is 16.2 Å². The molecule has 1 unspecified atom stereocenters. The van der Waals surface area contributed by atoms with E-state index >= 15 is 0 Å². The fraction of sp³-hybridized carbons (Fsp3) is 0.312. The van der Waals surface area contributed by atoms with E-state index in [9.17, 15) is 9.59 Å². The van der Waals surface area contributed by atoms with E-state index in [1.165, 1.54) is 16.2 Å². The number of para-hydroxylation sites is 1. The fourth-order valence-corrected chi connectivity index (χ4v) is 3.00. The lowest BCUT2D eigenvalue weighted by Gasteiger charge is -2.36. The van der Waals surface area contributed by atoms with E-state index < -0.39 is 5.91 Å². The summed E-state index contributed by atoms with van der Waals surface area (Å²) in [6.07, 6.45) is 1.73. The molecule has 0 aliphatic carbocycles. The van der Waals surface area contributed by atoms with Crippen LogP contribution in [-0.4, -0.2) is 22.5 Å². The maximum Gasteiger partial charge on any atom is 0.267 e. The van der Waals surface area contributed by atoms with Crippen LogP contribution in [0, 0.1) is 0 Å². The number of anilines is 1. The quantitative estimate of drug-likeness (QED) is 0.897. The van der Waals surface area contributed by atoms with Crippen molar-refractivity contribution in [2.45, 2.75) is 18.9 Å². The molecule has 2 heterocycles. The first-order valence-corrected chi connectivity index (χ1v) is 7.17. The van der Waals surface area contributed by atoms with Crippen LogP contribution in [0.4, 0.5) is 5.69 Å². The number of nitrogens with zero attached hydrogens (tertiary/aromatic N) is 3. The number of aryl methyl sites for hydroxylation is 1. The molecular weight excluding hydrogens is 280 g/mol. The highest BCUT2D eigenvalue weighted by Crippen LogP contribution is 2.36. The predicted molar refractivity (Wildman–Crippen MR) is 83.9 cm³/mol. The second kappa shape index (κ2) is 5.29. The highest BCUT2D eigenvalue weighted by Gasteiger charge is 2.28. The van der Waals surface area contributed by atoms with Crippen LogP contribution in [0.25, 0.3) is 0 Å². The van der Waals surface area contributed by atoms with Gasteiger partial charge in [-0.05, 0) is 24.5 Å². The Labute approximate surface area is 128 Å². The number of amides is 1. The van der Waals surface area contributed by atoms with Gasteiger partial charge in [0, 0.05) is 25.8 Å². The summed E-state index contributed by atoms with van der Waals surface area (Å²) in [5, 5.41) is 0. The van der Waals surface area contributed by atoms with Crippen LogP contribution in [0.3, 0.4) is 0 Å². The van der Waals surface area contributed by atoms with Gasteiger partial charge in [-0.25, -0.2) is 4.98 Å². The van der Waals surface area contributed by atoms with E-state index in [0.717, 1.165) is 18.5 Å². The van der Waals surface area contributed by atoms with E-state index in [2.05, 4.69) is 22.0 Å². The first-order valence-electron chi connectivity index (χ1n) is 7.17. The van der Waals surface area contributed by atoms with Gasteiger partial charge in [-0.1, -0.05) is 18.2 Å². The van der Waals surface area contributed by atoms with E-state index in [0.29, 0.717) is 5.82 Å². The maximum atomic E-state index is 12.1. The number of benzene rings is 1. The Hall–Kier alpha value is -2.63. The number of rotatable bonds is 2. The molecule has 1 aliphatic heterocycles. The van der Waals surface area contributed by atoms with Crippen LogP contribution in [0.2, 0.25) is 0 Å². The van der Waals surface area contributed by atoms with Gasteiger partial charge in [0.05, 0.1) is 6.04 Å². The number of hydrogen-bond donors (Lipinski definition) is 1. The van der Waals surface area contributed by atoms with Gasteiger partial charge in [-0.3, -0.25) is 14.2 Å². The largest absolute Gasteiger partial charge is 0.364 e. The van der Waals surface area contributed by atoms with Gasteiger partial charge < -0.3 is 10.6 Å². The van der Waals surface area contributed by atoms with Crippen molar-refractivity contribution in [2.24, 2.45) is 12.8 Å². The smallest absolute Gasteiger partial charge is 0.267 e. The minimum atomic E-state index is -0.683. The van der Waals surface area contributed by atoms with Crippen molar-refractivity contribution in [3.8, 4) is 0 Å². The monoisotopic (exact) mass is 298 g/mol. The van der Waals surface area contributed by atoms with E-state index in [1.54, 1.807) is 7.05 Å². The summed E-state index contributed by atoms with van der Waals surface area (Å²) in [7, 11) is 3.65. The molecular formula is C16H18N4O2. The number of carbonyl (C=O) groups is 1. The molecule has 1 aromatic carbocycles. The van der Waals surface area contributed by atoms with Crippen molar-refractivity contribution >= 4 is 11.6 Å². The molecule has 0 saturated heterocycles. The third kappa shape index (κ3) is 2.26. The molecule has 0 spiro atoms. The standard InChI is InChI=1S/C16H18N4O2/c1-19-12-6-4-3-5-10(12)7-8-13(19)16-18-11(15(17)22)9-14(21)20(16)2/h3-6,9,13H,7-8H2,1-2H3,(H2,17,22). The predicted octanol–water partition coefficient (Wildman–Crippen LogP) is 1.00. The van der Waals surface area contributed by atoms with Crippen LogP contribution in [0.1, 0.15) is 34.3 Å². The summed E-state index contributed by atoms with van der Waals surface area (Å²) < 4.78 is 1.49. The van der Waals surface area contributed by atoms with Gasteiger partial charge in [0.25, 0.3) is 11.5 Å². The molecule has 0 saturated carbocycles. The summed E-state index contributed by atoms with van der Waals surface area (Å²) in [6, 6.07) is 9.29. The highest BCUT2D eigenvalue weighted by molar-refractivity contribution is 5.90. The third-order valence-electron chi connectivity index (χ3n) is 4.25. The molecule has 6 heteroatoms. The van der Waals surface area contributed by atoms with Gasteiger partial charge >= 0.3 is 0 Å². The zero-order valence-corrected chi connectivity index (χ0v) is 12.6. The minimum Gasteiger partial charge on any atom is -0.364 e. The lowest BCUT2D eigenvalue weighted by atomic mass is 9.95. The van der Waals surface area contributed by atoms with E-state index in [-0.39, 0.29) is 17.3 Å². The van der Waals surface area contributed by atoms with Gasteiger partial charge in [-0.15, -0.1) is 0 Å². The average Bonchev–Trinajstić information content (AvgIpc) is 2.51. The number of carbonyl (C=O) groups excluding carboxylic acids is 1. The van der Waals surface area contributed by atoms with Crippen molar-refractivity contribution in [1.82, 2.24) is 9.55 Å². The van der Waals surface area contributed by atoms with Crippen molar-refractivity contribution in [1.29, 1.82) is 0 Å². The van der Waals surface area contributed by atoms with E-state index in [1.807, 2.05) is 19.2 Å². The lowest BCUT2D eigenvalue weighted by molar-refractivity contribution is 0.0994. The van der Waals surface area contributed by atoms with Gasteiger partial charge in [0.1, 0.15) is 11.5 Å². The van der Waals surface area contributed by atoms with Crippen molar-refractivity contribution in [3.63, 3.8) is 0 Å². The summed E-state index contributed by atoms with van der Waals surface area (Å²) >= 11 is 0. The molecule has 3 rings (SSSR count). The molecule has 114 valence electrons. The molecule has 1 atom stereocenters. The SMILES string of the molecule is CN1c2ccccc2CCC1c1nc(C(N)=O)cc(=O)n1C. The molecule has 2 aromatic rings. The number of nitrogens with two attached hydrogens (primary N) is 1. The zero-order valence-electron chi connectivity index (χ0n) is 12.6. The molecule has 1 aromatic heterocycles. The van der Waals surface area contributed by atoms with Gasteiger partial charge in [-0.2, -0.15) is 0 Å². The second-order valence-corrected chi connectivity index (χ2v) is 5.56. The first kappa shape index (κ1) is 14.3. The maximum absolute atomic E-state index is 12.1. The minimum absolute atomic E-state index is 0.0189. The molecule has 0 radical (unpaired) electrons. The normalized spacial score (nSPS) is 17.2. The van der Waals surface area contributed by atoms with Crippen LogP contribution in [0.15, 0.2) is 35.1 Å². The number of aromatic nitrogens is 2. The molecule has 6 nitrogen and oxygen atoms in total. The molecule has 1 aliphatic rings. The number of fused-ring (bicyclic) bond motifs is 1. The Kier molecular flexibility index (Phi) is 3.44. The summed E-state index contributed by atoms with van der Waals surface area (Å²) in [5.41, 5.74) is 7.42. The fourth-order valence-electron chi connectivity index (χ4n) is 3.00. The second-order valence-electron chi connectivity index (χ2n) is 5.56. The summed E-state index contributed by atoms with van der Waals surface area (Å²) in [5.74, 6) is -0.115. The highest BCUT2D eigenvalue weighted by atomic mass is 16.1. The topological polar surface area (TPSA) is 81.2 Å².